The molecule has 0 saturated heterocycles. The third-order valence-electron chi connectivity index (χ3n) is 2.51. The van der Waals surface area contributed by atoms with Crippen molar-refractivity contribution in [3.63, 3.8) is 0 Å². The minimum atomic E-state index is -0.325. The van der Waals surface area contributed by atoms with E-state index in [1.165, 1.54) is 12.3 Å². The summed E-state index contributed by atoms with van der Waals surface area (Å²) in [6.07, 6.45) is 1.21. The molecular weight excluding hydrogens is 269 g/mol. The van der Waals surface area contributed by atoms with Crippen molar-refractivity contribution < 1.29 is 14.3 Å². The molecule has 0 unspecified atom stereocenters. The zero-order chi connectivity index (χ0) is 13.7. The van der Waals surface area contributed by atoms with E-state index in [4.69, 9.17) is 21.5 Å². The van der Waals surface area contributed by atoms with Crippen molar-refractivity contribution in [1.82, 2.24) is 0 Å². The van der Waals surface area contributed by atoms with E-state index in [1.807, 2.05) is 0 Å². The van der Waals surface area contributed by atoms with E-state index in [9.17, 15) is 4.39 Å². The van der Waals surface area contributed by atoms with Gasteiger partial charge >= 0.3 is 0 Å². The summed E-state index contributed by atoms with van der Waals surface area (Å²) >= 11 is 5.84. The number of benzene rings is 2. The molecule has 0 saturated carbocycles. The van der Waals surface area contributed by atoms with Crippen LogP contribution in [0.5, 0.6) is 5.75 Å². The van der Waals surface area contributed by atoms with Gasteiger partial charge in [-0.25, -0.2) is 4.39 Å². The Morgan fingerprint density at radius 2 is 2.05 bits per heavy atom. The lowest BCUT2D eigenvalue weighted by atomic mass is 10.2. The summed E-state index contributed by atoms with van der Waals surface area (Å²) in [7, 11) is 0. The second kappa shape index (κ2) is 6.20. The summed E-state index contributed by atoms with van der Waals surface area (Å²) in [6, 6.07) is 11.2. The third kappa shape index (κ3) is 3.45. The number of hydrogen-bond acceptors (Lipinski definition) is 3. The first-order valence-electron chi connectivity index (χ1n) is 5.54. The fraction of sp³-hybridized carbons (Fsp3) is 0.0714. The van der Waals surface area contributed by atoms with Gasteiger partial charge in [0.2, 0.25) is 0 Å². The highest BCUT2D eigenvalue weighted by molar-refractivity contribution is 6.30. The van der Waals surface area contributed by atoms with Crippen LogP contribution < -0.4 is 4.74 Å². The Kier molecular flexibility index (Phi) is 4.36. The summed E-state index contributed by atoms with van der Waals surface area (Å²) in [4.78, 5) is 0. The Bertz CT molecular complexity index is 602. The van der Waals surface area contributed by atoms with Gasteiger partial charge in [0, 0.05) is 16.1 Å². The Morgan fingerprint density at radius 1 is 1.26 bits per heavy atom. The summed E-state index contributed by atoms with van der Waals surface area (Å²) < 4.78 is 18.9. The van der Waals surface area contributed by atoms with Crippen LogP contribution in [0.2, 0.25) is 5.02 Å². The maximum absolute atomic E-state index is 13.4. The molecular formula is C14H11ClFNO2. The lowest BCUT2D eigenvalue weighted by molar-refractivity contribution is 0.298. The van der Waals surface area contributed by atoms with Crippen molar-refractivity contribution in [3.05, 3.63) is 64.4 Å². The first-order valence-corrected chi connectivity index (χ1v) is 5.91. The van der Waals surface area contributed by atoms with E-state index >= 15 is 0 Å². The average Bonchev–Trinajstić information content (AvgIpc) is 2.40. The molecule has 2 rings (SSSR count). The molecule has 0 spiro atoms. The van der Waals surface area contributed by atoms with Crippen molar-refractivity contribution in [1.29, 1.82) is 0 Å². The third-order valence-corrected chi connectivity index (χ3v) is 2.74. The van der Waals surface area contributed by atoms with Gasteiger partial charge in [-0.15, -0.1) is 0 Å². The second-order valence-electron chi connectivity index (χ2n) is 3.81. The smallest absolute Gasteiger partial charge is 0.129 e. The Morgan fingerprint density at radius 3 is 2.79 bits per heavy atom. The van der Waals surface area contributed by atoms with Crippen molar-refractivity contribution in [2.75, 3.05) is 0 Å². The normalized spacial score (nSPS) is 10.8. The molecule has 2 aromatic rings. The molecule has 3 nitrogen and oxygen atoms in total. The number of ether oxygens (including phenoxy) is 1. The standard InChI is InChI=1S/C14H11ClFNO2/c15-12-5-6-14(11(7-12)8-17-18)19-9-10-3-1-2-4-13(10)16/h1-8,18H,9H2/b17-8+. The monoisotopic (exact) mass is 279 g/mol. The van der Waals surface area contributed by atoms with E-state index in [1.54, 1.807) is 36.4 Å². The molecule has 19 heavy (non-hydrogen) atoms. The molecule has 0 bridgehead atoms. The van der Waals surface area contributed by atoms with Gasteiger partial charge in [0.25, 0.3) is 0 Å². The highest BCUT2D eigenvalue weighted by Crippen LogP contribution is 2.22. The summed E-state index contributed by atoms with van der Waals surface area (Å²) in [5.74, 6) is 0.138. The van der Waals surface area contributed by atoms with Gasteiger partial charge in [0.15, 0.2) is 0 Å². The molecule has 98 valence electrons. The SMILES string of the molecule is O/N=C/c1cc(Cl)ccc1OCc1ccccc1F. The van der Waals surface area contributed by atoms with Gasteiger partial charge in [-0.3, -0.25) is 0 Å². The molecule has 0 aliphatic heterocycles. The van der Waals surface area contributed by atoms with E-state index in [-0.39, 0.29) is 12.4 Å². The van der Waals surface area contributed by atoms with Crippen molar-refractivity contribution in [2.45, 2.75) is 6.61 Å². The van der Waals surface area contributed by atoms with Gasteiger partial charge in [-0.2, -0.15) is 0 Å². The van der Waals surface area contributed by atoms with Crippen LogP contribution in [-0.2, 0) is 6.61 Å². The summed E-state index contributed by atoms with van der Waals surface area (Å²) in [6.45, 7) is 0.0839. The highest BCUT2D eigenvalue weighted by atomic mass is 35.5. The molecule has 0 aromatic heterocycles. The predicted molar refractivity (Wildman–Crippen MR) is 71.6 cm³/mol. The zero-order valence-corrected chi connectivity index (χ0v) is 10.6. The largest absolute Gasteiger partial charge is 0.488 e. The first-order chi connectivity index (χ1) is 9.20. The topological polar surface area (TPSA) is 41.8 Å². The maximum Gasteiger partial charge on any atom is 0.129 e. The highest BCUT2D eigenvalue weighted by Gasteiger charge is 2.06. The molecule has 0 radical (unpaired) electrons. The number of halogens is 2. The van der Waals surface area contributed by atoms with Crippen molar-refractivity contribution in [2.24, 2.45) is 5.16 Å². The zero-order valence-electron chi connectivity index (χ0n) is 9.88. The predicted octanol–water partition coefficient (Wildman–Crippen LogP) is 3.87. The van der Waals surface area contributed by atoms with Gasteiger partial charge < -0.3 is 9.94 Å². The van der Waals surface area contributed by atoms with Crippen LogP contribution in [0.1, 0.15) is 11.1 Å². The van der Waals surface area contributed by atoms with E-state index in [0.29, 0.717) is 21.9 Å². The Hall–Kier alpha value is -2.07. The molecule has 0 amide bonds. The fourth-order valence-electron chi connectivity index (χ4n) is 1.58. The van der Waals surface area contributed by atoms with Crippen LogP contribution in [0.3, 0.4) is 0 Å². The molecule has 0 aliphatic rings. The van der Waals surface area contributed by atoms with Crippen LogP contribution in [0.25, 0.3) is 0 Å². The molecule has 0 aliphatic carbocycles. The van der Waals surface area contributed by atoms with Crippen LogP contribution in [-0.4, -0.2) is 11.4 Å². The second-order valence-corrected chi connectivity index (χ2v) is 4.24. The van der Waals surface area contributed by atoms with Gasteiger partial charge in [-0.05, 0) is 24.3 Å². The fourth-order valence-corrected chi connectivity index (χ4v) is 1.77. The van der Waals surface area contributed by atoms with Crippen LogP contribution in [0, 0.1) is 5.82 Å². The van der Waals surface area contributed by atoms with Gasteiger partial charge in [-0.1, -0.05) is 35.0 Å². The van der Waals surface area contributed by atoms with Gasteiger partial charge in [0.05, 0.1) is 6.21 Å². The maximum atomic E-state index is 13.4. The number of rotatable bonds is 4. The number of hydrogen-bond donors (Lipinski definition) is 1. The van der Waals surface area contributed by atoms with E-state index in [2.05, 4.69) is 5.16 Å². The minimum Gasteiger partial charge on any atom is -0.488 e. The molecule has 0 fully saturated rings. The van der Waals surface area contributed by atoms with Crippen LogP contribution in [0.4, 0.5) is 4.39 Å². The van der Waals surface area contributed by atoms with Gasteiger partial charge in [0.1, 0.15) is 18.2 Å². The summed E-state index contributed by atoms with van der Waals surface area (Å²) in [5.41, 5.74) is 0.968. The summed E-state index contributed by atoms with van der Waals surface area (Å²) in [5, 5.41) is 12.0. The Labute approximate surface area is 114 Å². The molecule has 2 aromatic carbocycles. The minimum absolute atomic E-state index is 0.0839. The number of nitrogens with zero attached hydrogens (tertiary/aromatic N) is 1. The average molecular weight is 280 g/mol. The van der Waals surface area contributed by atoms with Crippen molar-refractivity contribution >= 4 is 17.8 Å². The quantitative estimate of drug-likeness (QED) is 0.524. The lowest BCUT2D eigenvalue weighted by Gasteiger charge is -2.09. The van der Waals surface area contributed by atoms with Crippen molar-refractivity contribution in [3.8, 4) is 5.75 Å². The lowest BCUT2D eigenvalue weighted by Crippen LogP contribution is -2.00. The van der Waals surface area contributed by atoms with E-state index < -0.39 is 0 Å². The molecule has 0 heterocycles. The first kappa shape index (κ1) is 13.4. The molecule has 1 N–H and O–H groups in total. The molecule has 0 atom stereocenters. The van der Waals surface area contributed by atoms with Crippen LogP contribution >= 0.6 is 11.6 Å². The number of oxime groups is 1. The Balaban J connectivity index is 2.18. The van der Waals surface area contributed by atoms with E-state index in [0.717, 1.165) is 0 Å². The molecule has 5 heteroatoms. The van der Waals surface area contributed by atoms with Crippen LogP contribution in [0.15, 0.2) is 47.6 Å².